The number of esters is 1. The van der Waals surface area contributed by atoms with Crippen LogP contribution in [-0.4, -0.2) is 24.4 Å². The molecule has 4 nitrogen and oxygen atoms in total. The number of hydrogen-bond donors (Lipinski definition) is 0. The average molecular weight is 433 g/mol. The van der Waals surface area contributed by atoms with Gasteiger partial charge in [-0.15, -0.1) is 0 Å². The van der Waals surface area contributed by atoms with Gasteiger partial charge in [-0.05, 0) is 50.3 Å². The van der Waals surface area contributed by atoms with E-state index in [-0.39, 0.29) is 41.8 Å². The zero-order valence-electron chi connectivity index (χ0n) is 17.2. The molecule has 0 unspecified atom stereocenters. The maximum atomic E-state index is 14.1. The van der Waals surface area contributed by atoms with Crippen molar-refractivity contribution in [3.63, 3.8) is 0 Å². The molecule has 1 saturated carbocycles. The van der Waals surface area contributed by atoms with Crippen LogP contribution in [0.15, 0.2) is 24.4 Å². The Hall–Kier alpha value is -2.58. The van der Waals surface area contributed by atoms with Crippen LogP contribution in [0.2, 0.25) is 0 Å². The Morgan fingerprint density at radius 1 is 1.23 bits per heavy atom. The normalized spacial score (nSPS) is 22.0. The van der Waals surface area contributed by atoms with E-state index in [4.69, 9.17) is 17.3 Å². The summed E-state index contributed by atoms with van der Waals surface area (Å²) in [5.74, 6) is -0.933. The fourth-order valence-electron chi connectivity index (χ4n) is 4.18. The van der Waals surface area contributed by atoms with Gasteiger partial charge in [-0.1, -0.05) is 11.5 Å². The van der Waals surface area contributed by atoms with Gasteiger partial charge in [-0.25, -0.2) is 9.37 Å². The Balaban J connectivity index is 1.42. The number of benzene rings is 1. The zero-order valence-corrected chi connectivity index (χ0v) is 17.2. The van der Waals surface area contributed by atoms with Crippen molar-refractivity contribution in [1.82, 2.24) is 4.98 Å². The number of rotatable bonds is 4. The molecule has 9 heteroatoms. The molecule has 162 valence electrons. The van der Waals surface area contributed by atoms with Gasteiger partial charge in [0.05, 0.1) is 11.5 Å². The van der Waals surface area contributed by atoms with Crippen molar-refractivity contribution in [2.75, 3.05) is 0 Å². The lowest BCUT2D eigenvalue weighted by Crippen LogP contribution is -2.26. The molecule has 0 saturated heterocycles. The van der Waals surface area contributed by atoms with Gasteiger partial charge in [0.15, 0.2) is 0 Å². The standard InChI is InChI=1S/C22H20BF4NO3/c1-21(2,3)31-20(29)19-12-4-10-6-17(28-8-13(10)18(12)19)30-9-11-5-15(23)14(7-16(11)24)22(25,26)27/h5-8,12,18-19H,4,9H2,1-3H3/t12-,18-,19+/m1/s1. The highest BCUT2D eigenvalue weighted by Gasteiger charge is 2.60. The Morgan fingerprint density at radius 2 is 1.94 bits per heavy atom. The molecule has 0 N–H and O–H groups in total. The van der Waals surface area contributed by atoms with Crippen molar-refractivity contribution >= 4 is 19.3 Å². The van der Waals surface area contributed by atoms with Crippen LogP contribution in [0.4, 0.5) is 17.6 Å². The minimum Gasteiger partial charge on any atom is -0.473 e. The maximum absolute atomic E-state index is 14.1. The average Bonchev–Trinajstić information content (AvgIpc) is 3.22. The molecular weight excluding hydrogens is 413 g/mol. The monoisotopic (exact) mass is 433 g/mol. The highest BCUT2D eigenvalue weighted by Crippen LogP contribution is 2.62. The van der Waals surface area contributed by atoms with Crippen LogP contribution in [0, 0.1) is 17.7 Å². The van der Waals surface area contributed by atoms with Crippen molar-refractivity contribution in [3.8, 4) is 5.88 Å². The number of halogens is 4. The summed E-state index contributed by atoms with van der Waals surface area (Å²) in [6.07, 6.45) is -2.41. The third-order valence-electron chi connectivity index (χ3n) is 5.56. The van der Waals surface area contributed by atoms with Gasteiger partial charge in [0.25, 0.3) is 0 Å². The molecule has 1 aromatic heterocycles. The fraction of sp³-hybridized carbons (Fsp3) is 0.455. The number of carbonyl (C=O) groups excluding carboxylic acids is 1. The molecular formula is C22H20BF4NO3. The Kier molecular flexibility index (Phi) is 5.06. The van der Waals surface area contributed by atoms with E-state index >= 15 is 0 Å². The molecule has 2 radical (unpaired) electrons. The number of fused-ring (bicyclic) bond motifs is 3. The number of pyridine rings is 1. The number of ether oxygens (including phenoxy) is 2. The zero-order chi connectivity index (χ0) is 22.7. The van der Waals surface area contributed by atoms with Crippen LogP contribution in [0.25, 0.3) is 0 Å². The number of hydrogen-bond acceptors (Lipinski definition) is 4. The third kappa shape index (κ3) is 4.27. The fourth-order valence-corrected chi connectivity index (χ4v) is 4.18. The number of aromatic nitrogens is 1. The topological polar surface area (TPSA) is 48.4 Å². The minimum atomic E-state index is -4.73. The van der Waals surface area contributed by atoms with E-state index in [0.29, 0.717) is 12.5 Å². The lowest BCUT2D eigenvalue weighted by molar-refractivity contribution is -0.157. The number of alkyl halides is 3. The highest BCUT2D eigenvalue weighted by atomic mass is 19.4. The molecule has 0 bridgehead atoms. The van der Waals surface area contributed by atoms with Crippen LogP contribution < -0.4 is 10.2 Å². The molecule has 0 spiro atoms. The highest BCUT2D eigenvalue weighted by molar-refractivity contribution is 6.33. The molecule has 0 amide bonds. The van der Waals surface area contributed by atoms with E-state index in [1.807, 2.05) is 20.8 Å². The molecule has 2 aliphatic carbocycles. The summed E-state index contributed by atoms with van der Waals surface area (Å²) in [7, 11) is 5.42. The van der Waals surface area contributed by atoms with Gasteiger partial charge in [0.2, 0.25) is 5.88 Å². The van der Waals surface area contributed by atoms with Crippen LogP contribution in [0.5, 0.6) is 5.88 Å². The van der Waals surface area contributed by atoms with Crippen molar-refractivity contribution in [1.29, 1.82) is 0 Å². The first kappa shape index (κ1) is 21.6. The SMILES string of the molecule is [B]c1cc(COc2cc3c(cn2)[C@H]2[C@@H](C3)[C@@H]2C(=O)OC(C)(C)C)c(F)cc1C(F)(F)F. The van der Waals surface area contributed by atoms with Crippen molar-refractivity contribution in [2.45, 2.75) is 51.5 Å². The summed E-state index contributed by atoms with van der Waals surface area (Å²) < 4.78 is 63.5. The summed E-state index contributed by atoms with van der Waals surface area (Å²) >= 11 is 0. The number of carbonyl (C=O) groups is 1. The van der Waals surface area contributed by atoms with Crippen LogP contribution >= 0.6 is 0 Å². The second-order valence-corrected chi connectivity index (χ2v) is 8.99. The third-order valence-corrected chi connectivity index (χ3v) is 5.56. The van der Waals surface area contributed by atoms with Gasteiger partial charge < -0.3 is 9.47 Å². The molecule has 1 fully saturated rings. The van der Waals surface area contributed by atoms with Gasteiger partial charge >= 0.3 is 12.1 Å². The van der Waals surface area contributed by atoms with Crippen molar-refractivity contribution < 1.29 is 31.8 Å². The number of nitrogens with zero attached hydrogens (tertiary/aromatic N) is 1. The van der Waals surface area contributed by atoms with Crippen molar-refractivity contribution in [2.24, 2.45) is 11.8 Å². The second kappa shape index (κ2) is 7.24. The van der Waals surface area contributed by atoms with E-state index in [2.05, 4.69) is 4.98 Å². The lowest BCUT2D eigenvalue weighted by atomic mass is 9.88. The Labute approximate surface area is 178 Å². The Bertz CT molecular complexity index is 1050. The Morgan fingerprint density at radius 3 is 2.58 bits per heavy atom. The lowest BCUT2D eigenvalue weighted by Gasteiger charge is -2.20. The van der Waals surface area contributed by atoms with Crippen LogP contribution in [-0.2, 0) is 28.7 Å². The second-order valence-electron chi connectivity index (χ2n) is 8.99. The van der Waals surface area contributed by atoms with E-state index in [1.165, 1.54) is 0 Å². The predicted octanol–water partition coefficient (Wildman–Crippen LogP) is 3.84. The molecule has 1 heterocycles. The van der Waals surface area contributed by atoms with Crippen LogP contribution in [0.1, 0.15) is 48.9 Å². The first-order valence-electron chi connectivity index (χ1n) is 9.85. The van der Waals surface area contributed by atoms with E-state index in [9.17, 15) is 22.4 Å². The molecule has 31 heavy (non-hydrogen) atoms. The summed E-state index contributed by atoms with van der Waals surface area (Å²) in [4.78, 5) is 16.5. The summed E-state index contributed by atoms with van der Waals surface area (Å²) in [6, 6.07) is 3.01. The first-order chi connectivity index (χ1) is 14.3. The van der Waals surface area contributed by atoms with Gasteiger partial charge in [0.1, 0.15) is 25.9 Å². The first-order valence-corrected chi connectivity index (χ1v) is 9.85. The van der Waals surface area contributed by atoms with Crippen molar-refractivity contribution in [3.05, 3.63) is 52.5 Å². The quantitative estimate of drug-likeness (QED) is 0.418. The van der Waals surface area contributed by atoms with Crippen LogP contribution in [0.3, 0.4) is 0 Å². The van der Waals surface area contributed by atoms with E-state index < -0.39 is 28.6 Å². The summed E-state index contributed by atoms with van der Waals surface area (Å²) in [5, 5.41) is 0. The molecule has 3 atom stereocenters. The largest absolute Gasteiger partial charge is 0.473 e. The van der Waals surface area contributed by atoms with Gasteiger partial charge in [0, 0.05) is 23.7 Å². The summed E-state index contributed by atoms with van der Waals surface area (Å²) in [5.41, 5.74) is -0.458. The van der Waals surface area contributed by atoms with Gasteiger partial charge in [-0.3, -0.25) is 4.79 Å². The maximum Gasteiger partial charge on any atom is 0.415 e. The molecule has 1 aromatic carbocycles. The smallest absolute Gasteiger partial charge is 0.415 e. The van der Waals surface area contributed by atoms with E-state index in [0.717, 1.165) is 17.2 Å². The van der Waals surface area contributed by atoms with Gasteiger partial charge in [-0.2, -0.15) is 13.2 Å². The van der Waals surface area contributed by atoms with E-state index in [1.54, 1.807) is 12.3 Å². The summed E-state index contributed by atoms with van der Waals surface area (Å²) in [6.45, 7) is 5.17. The predicted molar refractivity (Wildman–Crippen MR) is 105 cm³/mol. The molecule has 2 aromatic rings. The molecule has 2 aliphatic rings. The molecule has 4 rings (SSSR count). The molecule has 0 aliphatic heterocycles. The minimum absolute atomic E-state index is 0.0820.